The van der Waals surface area contributed by atoms with Crippen molar-refractivity contribution in [2.45, 2.75) is 0 Å². The zero-order valence-electron chi connectivity index (χ0n) is 12.5. The average molecular weight is 406 g/mol. The quantitative estimate of drug-likeness (QED) is 0.322. The Morgan fingerprint density at radius 1 is 0.435 bits per heavy atom. The summed E-state index contributed by atoms with van der Waals surface area (Å²) in [6, 6.07) is 32.5. The summed E-state index contributed by atoms with van der Waals surface area (Å²) in [5, 5.41) is 2.57. The third-order valence-electron chi connectivity index (χ3n) is 4.09. The van der Waals surface area contributed by atoms with Gasteiger partial charge in [0.2, 0.25) is 0 Å². The van der Waals surface area contributed by atoms with Gasteiger partial charge in [-0.1, -0.05) is 66.7 Å². The van der Waals surface area contributed by atoms with Gasteiger partial charge in [0, 0.05) is 3.57 Å². The molecule has 0 atom stereocenters. The minimum atomic E-state index is 1.26. The van der Waals surface area contributed by atoms with Crippen LogP contribution in [0.3, 0.4) is 0 Å². The Balaban J connectivity index is 1.86. The van der Waals surface area contributed by atoms with E-state index >= 15 is 0 Å². The van der Waals surface area contributed by atoms with Crippen LogP contribution < -0.4 is 0 Å². The Kier molecular flexibility index (Phi) is 3.88. The Labute approximate surface area is 149 Å². The van der Waals surface area contributed by atoms with Crippen LogP contribution in [0.2, 0.25) is 0 Å². The first-order valence-electron chi connectivity index (χ1n) is 7.65. The van der Waals surface area contributed by atoms with Gasteiger partial charge in [-0.25, -0.2) is 0 Å². The molecule has 0 saturated heterocycles. The fourth-order valence-corrected chi connectivity index (χ4v) is 3.59. The van der Waals surface area contributed by atoms with Gasteiger partial charge in [-0.2, -0.15) is 0 Å². The van der Waals surface area contributed by atoms with Gasteiger partial charge >= 0.3 is 0 Å². The number of rotatable bonds is 2. The van der Waals surface area contributed by atoms with Crippen molar-refractivity contribution in [2.75, 3.05) is 0 Å². The molecule has 0 aliphatic rings. The van der Waals surface area contributed by atoms with E-state index in [2.05, 4.69) is 114 Å². The highest BCUT2D eigenvalue weighted by molar-refractivity contribution is 14.1. The molecule has 0 spiro atoms. The molecule has 0 fully saturated rings. The first-order valence-corrected chi connectivity index (χ1v) is 8.73. The molecule has 0 amide bonds. The van der Waals surface area contributed by atoms with Crippen LogP contribution in [0.5, 0.6) is 0 Å². The summed E-state index contributed by atoms with van der Waals surface area (Å²) in [5.74, 6) is 0. The van der Waals surface area contributed by atoms with Crippen LogP contribution in [0.15, 0.2) is 91.0 Å². The molecule has 4 aromatic rings. The molecular formula is C22H15I. The van der Waals surface area contributed by atoms with E-state index in [1.807, 2.05) is 0 Å². The van der Waals surface area contributed by atoms with Crippen LogP contribution in [-0.4, -0.2) is 0 Å². The summed E-state index contributed by atoms with van der Waals surface area (Å²) in [4.78, 5) is 0. The molecule has 0 heterocycles. The van der Waals surface area contributed by atoms with E-state index in [-0.39, 0.29) is 0 Å². The molecule has 0 nitrogen and oxygen atoms in total. The summed E-state index contributed by atoms with van der Waals surface area (Å²) in [6.07, 6.45) is 0. The van der Waals surface area contributed by atoms with Crippen molar-refractivity contribution in [1.82, 2.24) is 0 Å². The first-order chi connectivity index (χ1) is 11.3. The molecule has 23 heavy (non-hydrogen) atoms. The standard InChI is InChI=1S/C22H15I/c23-22-14-20(16-6-2-1-3-7-16)13-21(15-22)19-11-10-17-8-4-5-9-18(17)12-19/h1-15H. The Morgan fingerprint density at radius 2 is 1.09 bits per heavy atom. The smallest absolute Gasteiger partial charge is 0.0142 e. The lowest BCUT2D eigenvalue weighted by molar-refractivity contribution is 1.57. The number of benzene rings is 4. The molecule has 0 aromatic heterocycles. The predicted molar refractivity (Wildman–Crippen MR) is 108 cm³/mol. The van der Waals surface area contributed by atoms with E-state index in [9.17, 15) is 0 Å². The van der Waals surface area contributed by atoms with Crippen LogP contribution >= 0.6 is 22.6 Å². The first kappa shape index (κ1) is 14.5. The monoisotopic (exact) mass is 406 g/mol. The second-order valence-corrected chi connectivity index (χ2v) is 6.90. The zero-order chi connectivity index (χ0) is 15.6. The van der Waals surface area contributed by atoms with Crippen molar-refractivity contribution in [3.63, 3.8) is 0 Å². The van der Waals surface area contributed by atoms with Gasteiger partial charge in [-0.3, -0.25) is 0 Å². The predicted octanol–water partition coefficient (Wildman–Crippen LogP) is 6.78. The van der Waals surface area contributed by atoms with E-state index in [0.717, 1.165) is 0 Å². The summed E-state index contributed by atoms with van der Waals surface area (Å²) < 4.78 is 1.26. The zero-order valence-corrected chi connectivity index (χ0v) is 14.7. The molecule has 1 heteroatoms. The number of fused-ring (bicyclic) bond motifs is 1. The highest BCUT2D eigenvalue weighted by Crippen LogP contribution is 2.30. The molecule has 0 radical (unpaired) electrons. The largest absolute Gasteiger partial charge is 0.0622 e. The highest BCUT2D eigenvalue weighted by atomic mass is 127. The fourth-order valence-electron chi connectivity index (χ4n) is 2.92. The lowest BCUT2D eigenvalue weighted by Gasteiger charge is -2.09. The van der Waals surface area contributed by atoms with Crippen molar-refractivity contribution in [2.24, 2.45) is 0 Å². The van der Waals surface area contributed by atoms with Gasteiger partial charge in [-0.15, -0.1) is 0 Å². The Bertz CT molecular complexity index is 971. The Morgan fingerprint density at radius 3 is 1.87 bits per heavy atom. The lowest BCUT2D eigenvalue weighted by Crippen LogP contribution is -1.84. The van der Waals surface area contributed by atoms with Gasteiger partial charge in [0.1, 0.15) is 0 Å². The van der Waals surface area contributed by atoms with Gasteiger partial charge < -0.3 is 0 Å². The van der Waals surface area contributed by atoms with E-state index in [0.29, 0.717) is 0 Å². The summed E-state index contributed by atoms with van der Waals surface area (Å²) in [5.41, 5.74) is 5.05. The van der Waals surface area contributed by atoms with Crippen molar-refractivity contribution < 1.29 is 0 Å². The maximum atomic E-state index is 2.40. The minimum Gasteiger partial charge on any atom is -0.0622 e. The number of halogens is 1. The van der Waals surface area contributed by atoms with Gasteiger partial charge in [0.05, 0.1) is 0 Å². The van der Waals surface area contributed by atoms with Crippen LogP contribution in [0, 0.1) is 3.57 Å². The molecule has 0 aliphatic heterocycles. The maximum Gasteiger partial charge on any atom is 0.0142 e. The van der Waals surface area contributed by atoms with Crippen molar-refractivity contribution in [1.29, 1.82) is 0 Å². The minimum absolute atomic E-state index is 1.26. The molecular weight excluding hydrogens is 391 g/mol. The van der Waals surface area contributed by atoms with Gasteiger partial charge in [0.15, 0.2) is 0 Å². The molecule has 0 saturated carbocycles. The highest BCUT2D eigenvalue weighted by Gasteiger charge is 2.05. The van der Waals surface area contributed by atoms with E-state index < -0.39 is 0 Å². The van der Waals surface area contributed by atoms with Crippen molar-refractivity contribution in [3.05, 3.63) is 94.6 Å². The normalized spacial score (nSPS) is 10.8. The summed E-state index contributed by atoms with van der Waals surface area (Å²) in [7, 11) is 0. The van der Waals surface area contributed by atoms with E-state index in [1.165, 1.54) is 36.6 Å². The van der Waals surface area contributed by atoms with Crippen LogP contribution in [-0.2, 0) is 0 Å². The lowest BCUT2D eigenvalue weighted by atomic mass is 9.97. The van der Waals surface area contributed by atoms with Crippen molar-refractivity contribution in [3.8, 4) is 22.3 Å². The van der Waals surface area contributed by atoms with Crippen LogP contribution in [0.4, 0.5) is 0 Å². The van der Waals surface area contributed by atoms with Gasteiger partial charge in [-0.05, 0) is 79.9 Å². The van der Waals surface area contributed by atoms with E-state index in [4.69, 9.17) is 0 Å². The third-order valence-corrected chi connectivity index (χ3v) is 4.71. The summed E-state index contributed by atoms with van der Waals surface area (Å²) in [6.45, 7) is 0. The molecule has 0 N–H and O–H groups in total. The SMILES string of the molecule is Ic1cc(-c2ccccc2)cc(-c2ccc3ccccc3c2)c1. The summed E-state index contributed by atoms with van der Waals surface area (Å²) >= 11 is 2.40. The average Bonchev–Trinajstić information content (AvgIpc) is 2.61. The van der Waals surface area contributed by atoms with Crippen LogP contribution in [0.25, 0.3) is 33.0 Å². The van der Waals surface area contributed by atoms with E-state index in [1.54, 1.807) is 0 Å². The molecule has 0 aliphatic carbocycles. The van der Waals surface area contributed by atoms with Crippen LogP contribution in [0.1, 0.15) is 0 Å². The number of hydrogen-bond acceptors (Lipinski definition) is 0. The second-order valence-electron chi connectivity index (χ2n) is 5.66. The molecule has 4 rings (SSSR count). The third kappa shape index (κ3) is 3.02. The molecule has 0 unspecified atom stereocenters. The molecule has 0 bridgehead atoms. The van der Waals surface area contributed by atoms with Crippen molar-refractivity contribution >= 4 is 33.4 Å². The topological polar surface area (TPSA) is 0 Å². The fraction of sp³-hybridized carbons (Fsp3) is 0. The Hall–Kier alpha value is -2.13. The second kappa shape index (κ2) is 6.17. The molecule has 4 aromatic carbocycles. The van der Waals surface area contributed by atoms with Gasteiger partial charge in [0.25, 0.3) is 0 Å². The maximum absolute atomic E-state index is 2.40. The number of hydrogen-bond donors (Lipinski definition) is 0. The molecule has 110 valence electrons.